The van der Waals surface area contributed by atoms with Crippen LogP contribution in [0.1, 0.15) is 17.2 Å². The SMILES string of the molecule is COc1ccc([C@H](O)CNc2cc(C#N)ccn2)cc1. The Morgan fingerprint density at radius 1 is 1.35 bits per heavy atom. The van der Waals surface area contributed by atoms with E-state index in [1.54, 1.807) is 37.6 Å². The molecule has 0 saturated heterocycles. The van der Waals surface area contributed by atoms with Crippen LogP contribution in [-0.2, 0) is 0 Å². The Balaban J connectivity index is 1.97. The number of hydrogen-bond acceptors (Lipinski definition) is 5. The maximum Gasteiger partial charge on any atom is 0.127 e. The van der Waals surface area contributed by atoms with Gasteiger partial charge in [-0.1, -0.05) is 12.1 Å². The number of rotatable bonds is 5. The predicted molar refractivity (Wildman–Crippen MR) is 75.4 cm³/mol. The fraction of sp³-hybridized carbons (Fsp3) is 0.200. The number of nitrogens with one attached hydrogen (secondary N) is 1. The van der Waals surface area contributed by atoms with E-state index in [-0.39, 0.29) is 0 Å². The van der Waals surface area contributed by atoms with Crippen molar-refractivity contribution < 1.29 is 9.84 Å². The van der Waals surface area contributed by atoms with E-state index in [1.807, 2.05) is 18.2 Å². The molecule has 0 bridgehead atoms. The van der Waals surface area contributed by atoms with Gasteiger partial charge < -0.3 is 15.2 Å². The summed E-state index contributed by atoms with van der Waals surface area (Å²) in [5, 5.41) is 21.9. The normalized spacial score (nSPS) is 11.4. The third-order valence-electron chi connectivity index (χ3n) is 2.87. The van der Waals surface area contributed by atoms with Gasteiger partial charge in [0.05, 0.1) is 24.8 Å². The first kappa shape index (κ1) is 13.8. The minimum atomic E-state index is -0.659. The van der Waals surface area contributed by atoms with E-state index < -0.39 is 6.10 Å². The molecular weight excluding hydrogens is 254 g/mol. The number of ether oxygens (including phenoxy) is 1. The molecule has 0 fully saturated rings. The molecule has 1 aromatic carbocycles. The highest BCUT2D eigenvalue weighted by molar-refractivity contribution is 5.42. The minimum absolute atomic E-state index is 0.314. The van der Waals surface area contributed by atoms with E-state index in [1.165, 1.54) is 0 Å². The summed E-state index contributed by atoms with van der Waals surface area (Å²) in [6.45, 7) is 0.314. The maximum atomic E-state index is 10.1. The summed E-state index contributed by atoms with van der Waals surface area (Å²) in [6.07, 6.45) is 0.897. The lowest BCUT2D eigenvalue weighted by molar-refractivity contribution is 0.191. The summed E-state index contributed by atoms with van der Waals surface area (Å²) in [4.78, 5) is 4.09. The van der Waals surface area contributed by atoms with Crippen molar-refractivity contribution >= 4 is 5.82 Å². The molecule has 5 nitrogen and oxygen atoms in total. The molecule has 2 rings (SSSR count). The number of nitriles is 1. The molecule has 0 saturated carbocycles. The number of anilines is 1. The molecule has 0 spiro atoms. The lowest BCUT2D eigenvalue weighted by Crippen LogP contribution is -2.12. The van der Waals surface area contributed by atoms with E-state index in [0.29, 0.717) is 17.9 Å². The van der Waals surface area contributed by atoms with Gasteiger partial charge in [-0.3, -0.25) is 0 Å². The topological polar surface area (TPSA) is 78.2 Å². The second-order valence-corrected chi connectivity index (χ2v) is 4.21. The number of hydrogen-bond donors (Lipinski definition) is 2. The number of pyridine rings is 1. The van der Waals surface area contributed by atoms with Crippen molar-refractivity contribution in [3.05, 3.63) is 53.7 Å². The molecule has 0 amide bonds. The molecule has 0 unspecified atom stereocenters. The lowest BCUT2D eigenvalue weighted by Gasteiger charge is -2.13. The van der Waals surface area contributed by atoms with Gasteiger partial charge in [-0.05, 0) is 29.8 Å². The molecule has 0 radical (unpaired) electrons. The summed E-state index contributed by atoms with van der Waals surface area (Å²) in [5.74, 6) is 1.31. The molecule has 2 N–H and O–H groups in total. The van der Waals surface area contributed by atoms with Gasteiger partial charge in [0.2, 0.25) is 0 Å². The molecule has 2 aromatic rings. The van der Waals surface area contributed by atoms with Crippen molar-refractivity contribution in [2.45, 2.75) is 6.10 Å². The Hall–Kier alpha value is -2.58. The van der Waals surface area contributed by atoms with Gasteiger partial charge in [-0.15, -0.1) is 0 Å². The van der Waals surface area contributed by atoms with Crippen molar-refractivity contribution in [1.29, 1.82) is 5.26 Å². The van der Waals surface area contributed by atoms with Gasteiger partial charge >= 0.3 is 0 Å². The fourth-order valence-corrected chi connectivity index (χ4v) is 1.74. The second kappa shape index (κ2) is 6.55. The van der Waals surface area contributed by atoms with Gasteiger partial charge in [0, 0.05) is 12.7 Å². The van der Waals surface area contributed by atoms with Crippen LogP contribution in [0.2, 0.25) is 0 Å². The molecule has 0 aliphatic rings. The number of methoxy groups -OCH3 is 1. The molecule has 0 aliphatic carbocycles. The monoisotopic (exact) mass is 269 g/mol. The van der Waals surface area contributed by atoms with Crippen LogP contribution in [-0.4, -0.2) is 23.7 Å². The van der Waals surface area contributed by atoms with Crippen LogP contribution in [0.15, 0.2) is 42.6 Å². The minimum Gasteiger partial charge on any atom is -0.497 e. The van der Waals surface area contributed by atoms with Crippen molar-refractivity contribution in [3.63, 3.8) is 0 Å². The van der Waals surface area contributed by atoms with E-state index in [0.717, 1.165) is 11.3 Å². The molecule has 1 aromatic heterocycles. The first-order valence-electron chi connectivity index (χ1n) is 6.15. The summed E-state index contributed by atoms with van der Waals surface area (Å²) in [6, 6.07) is 12.5. The second-order valence-electron chi connectivity index (χ2n) is 4.21. The van der Waals surface area contributed by atoms with E-state index in [4.69, 9.17) is 10.00 Å². The molecule has 1 heterocycles. The van der Waals surface area contributed by atoms with Gasteiger partial charge in [0.25, 0.3) is 0 Å². The molecule has 0 aliphatic heterocycles. The first-order chi connectivity index (χ1) is 9.72. The smallest absolute Gasteiger partial charge is 0.127 e. The van der Waals surface area contributed by atoms with Crippen LogP contribution in [0, 0.1) is 11.3 Å². The predicted octanol–water partition coefficient (Wildman–Crippen LogP) is 2.11. The van der Waals surface area contributed by atoms with Crippen molar-refractivity contribution in [2.75, 3.05) is 19.0 Å². The van der Waals surface area contributed by atoms with E-state index >= 15 is 0 Å². The fourth-order valence-electron chi connectivity index (χ4n) is 1.74. The van der Waals surface area contributed by atoms with Gasteiger partial charge in [0.15, 0.2) is 0 Å². The van der Waals surface area contributed by atoms with Crippen LogP contribution < -0.4 is 10.1 Å². The van der Waals surface area contributed by atoms with E-state index in [2.05, 4.69) is 10.3 Å². The molecule has 1 atom stereocenters. The number of aromatic nitrogens is 1. The Labute approximate surface area is 117 Å². The van der Waals surface area contributed by atoms with Crippen LogP contribution in [0.4, 0.5) is 5.82 Å². The maximum absolute atomic E-state index is 10.1. The Morgan fingerprint density at radius 2 is 2.10 bits per heavy atom. The zero-order valence-corrected chi connectivity index (χ0v) is 11.1. The molecular formula is C15H15N3O2. The van der Waals surface area contributed by atoms with Crippen LogP contribution in [0.5, 0.6) is 5.75 Å². The molecule has 102 valence electrons. The standard InChI is InChI=1S/C15H15N3O2/c1-20-13-4-2-12(3-5-13)14(19)10-18-15-8-11(9-16)6-7-17-15/h2-8,14,19H,10H2,1H3,(H,17,18)/t14-/m1/s1. The molecule has 5 heteroatoms. The number of aliphatic hydroxyl groups is 1. The van der Waals surface area contributed by atoms with Crippen LogP contribution in [0.25, 0.3) is 0 Å². The molecule has 20 heavy (non-hydrogen) atoms. The summed E-state index contributed by atoms with van der Waals surface area (Å²) in [5.41, 5.74) is 1.32. The Bertz CT molecular complexity index is 605. The lowest BCUT2D eigenvalue weighted by atomic mass is 10.1. The summed E-state index contributed by atoms with van der Waals surface area (Å²) < 4.78 is 5.07. The highest BCUT2D eigenvalue weighted by Crippen LogP contribution is 2.18. The summed E-state index contributed by atoms with van der Waals surface area (Å²) >= 11 is 0. The summed E-state index contributed by atoms with van der Waals surface area (Å²) in [7, 11) is 1.60. The van der Waals surface area contributed by atoms with Crippen molar-refractivity contribution in [2.24, 2.45) is 0 Å². The van der Waals surface area contributed by atoms with Crippen molar-refractivity contribution in [1.82, 2.24) is 4.98 Å². The van der Waals surface area contributed by atoms with Crippen LogP contribution in [0.3, 0.4) is 0 Å². The third-order valence-corrected chi connectivity index (χ3v) is 2.87. The number of aliphatic hydroxyl groups excluding tert-OH is 1. The van der Waals surface area contributed by atoms with E-state index in [9.17, 15) is 5.11 Å². The Morgan fingerprint density at radius 3 is 2.75 bits per heavy atom. The quantitative estimate of drug-likeness (QED) is 0.869. The zero-order chi connectivity index (χ0) is 14.4. The van der Waals surface area contributed by atoms with Crippen LogP contribution >= 0.6 is 0 Å². The highest BCUT2D eigenvalue weighted by Gasteiger charge is 2.08. The average Bonchev–Trinajstić information content (AvgIpc) is 2.53. The van der Waals surface area contributed by atoms with Gasteiger partial charge in [0.1, 0.15) is 11.6 Å². The first-order valence-corrected chi connectivity index (χ1v) is 6.15. The third kappa shape index (κ3) is 3.46. The Kier molecular flexibility index (Phi) is 4.53. The largest absolute Gasteiger partial charge is 0.497 e. The zero-order valence-electron chi connectivity index (χ0n) is 11.1. The highest BCUT2D eigenvalue weighted by atomic mass is 16.5. The number of nitrogens with zero attached hydrogens (tertiary/aromatic N) is 2. The van der Waals surface area contributed by atoms with Gasteiger partial charge in [-0.2, -0.15) is 5.26 Å². The van der Waals surface area contributed by atoms with Gasteiger partial charge in [-0.25, -0.2) is 4.98 Å². The number of benzene rings is 1. The van der Waals surface area contributed by atoms with Crippen molar-refractivity contribution in [3.8, 4) is 11.8 Å². The average molecular weight is 269 g/mol.